The topological polar surface area (TPSA) is 51.2 Å². The number of carbonyl (C=O) groups excluding carboxylic acids is 1. The summed E-state index contributed by atoms with van der Waals surface area (Å²) in [6.07, 6.45) is 0. The summed E-state index contributed by atoms with van der Waals surface area (Å²) in [6, 6.07) is 7.34. The number of benzene rings is 1. The average Bonchev–Trinajstić information content (AvgIpc) is 2.13. The van der Waals surface area contributed by atoms with E-state index in [-0.39, 0.29) is 17.3 Å². The fourth-order valence-electron chi connectivity index (χ4n) is 1.52. The minimum absolute atomic E-state index is 0.0729. The lowest BCUT2D eigenvalue weighted by molar-refractivity contribution is -0.123. The first kappa shape index (κ1) is 14.9. The highest BCUT2D eigenvalue weighted by molar-refractivity contribution is 7.91. The van der Waals surface area contributed by atoms with Crippen molar-refractivity contribution in [1.82, 2.24) is 0 Å². The number of carbonyl (C=O) groups is 1. The molecule has 0 aliphatic heterocycles. The molecule has 0 heterocycles. The Morgan fingerprint density at radius 1 is 1.22 bits per heavy atom. The third-order valence-corrected chi connectivity index (χ3v) is 4.13. The Morgan fingerprint density at radius 3 is 2.33 bits per heavy atom. The van der Waals surface area contributed by atoms with E-state index in [1.54, 1.807) is 26.8 Å². The van der Waals surface area contributed by atoms with E-state index in [1.807, 2.05) is 25.1 Å². The van der Waals surface area contributed by atoms with Crippen LogP contribution >= 0.6 is 0 Å². The van der Waals surface area contributed by atoms with Crippen molar-refractivity contribution in [2.45, 2.75) is 33.4 Å². The van der Waals surface area contributed by atoms with Crippen LogP contribution in [0.2, 0.25) is 0 Å². The molecule has 4 heteroatoms. The Balaban J connectivity index is 2.81. The van der Waals surface area contributed by atoms with Gasteiger partial charge in [0.05, 0.1) is 5.75 Å². The molecule has 0 atom stereocenters. The van der Waals surface area contributed by atoms with Crippen molar-refractivity contribution < 1.29 is 13.2 Å². The molecular formula is C14H20O3S. The zero-order chi connectivity index (χ0) is 14.0. The van der Waals surface area contributed by atoms with E-state index in [9.17, 15) is 13.2 Å². The number of aryl methyl sites for hydroxylation is 1. The second kappa shape index (κ2) is 5.22. The molecular weight excluding hydrogens is 248 g/mol. The Kier molecular flexibility index (Phi) is 4.32. The van der Waals surface area contributed by atoms with Crippen molar-refractivity contribution in [3.8, 4) is 0 Å². The minimum atomic E-state index is -3.38. The predicted octanol–water partition coefficient (Wildman–Crippen LogP) is 2.53. The van der Waals surface area contributed by atoms with Gasteiger partial charge in [-0.15, -0.1) is 0 Å². The number of Topliss-reactive ketones (excluding diaryl/α,β-unsaturated/α-hetero) is 1. The van der Waals surface area contributed by atoms with Gasteiger partial charge < -0.3 is 0 Å². The van der Waals surface area contributed by atoms with Crippen molar-refractivity contribution in [3.63, 3.8) is 0 Å². The summed E-state index contributed by atoms with van der Waals surface area (Å²) in [5, 5.41) is 0. The van der Waals surface area contributed by atoms with Gasteiger partial charge in [-0.2, -0.15) is 0 Å². The van der Waals surface area contributed by atoms with Crippen LogP contribution in [0.1, 0.15) is 31.9 Å². The van der Waals surface area contributed by atoms with Crippen LogP contribution in [0, 0.1) is 12.3 Å². The van der Waals surface area contributed by atoms with E-state index in [0.29, 0.717) is 0 Å². The van der Waals surface area contributed by atoms with E-state index < -0.39 is 15.3 Å². The fourth-order valence-corrected chi connectivity index (χ4v) is 3.15. The molecule has 1 aromatic rings. The molecule has 0 unspecified atom stereocenters. The maximum Gasteiger partial charge on any atom is 0.161 e. The number of rotatable bonds is 4. The second-order valence-corrected chi connectivity index (χ2v) is 7.76. The van der Waals surface area contributed by atoms with Gasteiger partial charge in [0.1, 0.15) is 5.75 Å². The van der Waals surface area contributed by atoms with Crippen LogP contribution < -0.4 is 0 Å². The highest BCUT2D eigenvalue weighted by atomic mass is 32.2. The van der Waals surface area contributed by atoms with E-state index in [2.05, 4.69) is 0 Å². The Labute approximate surface area is 109 Å². The van der Waals surface area contributed by atoms with Crippen molar-refractivity contribution in [2.24, 2.45) is 5.41 Å². The predicted molar refractivity (Wildman–Crippen MR) is 73.1 cm³/mol. The van der Waals surface area contributed by atoms with Crippen molar-refractivity contribution in [2.75, 3.05) is 5.75 Å². The summed E-state index contributed by atoms with van der Waals surface area (Å²) in [5.41, 5.74) is 1.14. The third-order valence-electron chi connectivity index (χ3n) is 2.66. The van der Waals surface area contributed by atoms with Crippen LogP contribution in [0.4, 0.5) is 0 Å². The highest BCUT2D eigenvalue weighted by Crippen LogP contribution is 2.17. The molecule has 0 N–H and O–H groups in total. The molecule has 1 rings (SSSR count). The standard InChI is InChI=1S/C14H20O3S/c1-11-6-5-7-12(8-11)9-18(16,17)10-13(15)14(2,3)4/h5-8H,9-10H2,1-4H3. The molecule has 0 saturated heterocycles. The quantitative estimate of drug-likeness (QED) is 0.843. The SMILES string of the molecule is Cc1cccc(CS(=O)(=O)CC(=O)C(C)(C)C)c1. The monoisotopic (exact) mass is 268 g/mol. The molecule has 100 valence electrons. The van der Waals surface area contributed by atoms with Crippen molar-refractivity contribution in [1.29, 1.82) is 0 Å². The average molecular weight is 268 g/mol. The molecule has 0 aliphatic carbocycles. The molecule has 0 bridgehead atoms. The zero-order valence-corrected chi connectivity index (χ0v) is 12.2. The number of sulfone groups is 1. The van der Waals surface area contributed by atoms with Crippen LogP contribution in [-0.2, 0) is 20.4 Å². The largest absolute Gasteiger partial charge is 0.298 e. The van der Waals surface area contributed by atoms with Crippen molar-refractivity contribution in [3.05, 3.63) is 35.4 Å². The number of hydrogen-bond donors (Lipinski definition) is 0. The first-order chi connectivity index (χ1) is 8.10. The molecule has 0 aliphatic rings. The normalized spacial score (nSPS) is 12.4. The lowest BCUT2D eigenvalue weighted by atomic mass is 9.92. The van der Waals surface area contributed by atoms with Crippen molar-refractivity contribution >= 4 is 15.6 Å². The van der Waals surface area contributed by atoms with Crippen LogP contribution in [0.3, 0.4) is 0 Å². The molecule has 0 fully saturated rings. The Morgan fingerprint density at radius 2 is 1.83 bits per heavy atom. The minimum Gasteiger partial charge on any atom is -0.298 e. The van der Waals surface area contributed by atoms with Crippen LogP contribution in [-0.4, -0.2) is 20.0 Å². The van der Waals surface area contributed by atoms with Crippen LogP contribution in [0.15, 0.2) is 24.3 Å². The first-order valence-electron chi connectivity index (χ1n) is 5.89. The fraction of sp³-hybridized carbons (Fsp3) is 0.500. The number of ketones is 1. The third kappa shape index (κ3) is 4.61. The van der Waals surface area contributed by atoms with Gasteiger partial charge in [0.25, 0.3) is 0 Å². The van der Waals surface area contributed by atoms with Crippen LogP contribution in [0.25, 0.3) is 0 Å². The van der Waals surface area contributed by atoms with E-state index in [0.717, 1.165) is 11.1 Å². The molecule has 0 radical (unpaired) electrons. The lowest BCUT2D eigenvalue weighted by Gasteiger charge is -2.16. The summed E-state index contributed by atoms with van der Waals surface area (Å²) >= 11 is 0. The number of hydrogen-bond acceptors (Lipinski definition) is 3. The summed E-state index contributed by atoms with van der Waals surface area (Å²) in [4.78, 5) is 11.8. The maximum absolute atomic E-state index is 11.9. The van der Waals surface area contributed by atoms with Crippen LogP contribution in [0.5, 0.6) is 0 Å². The lowest BCUT2D eigenvalue weighted by Crippen LogP contribution is -2.28. The molecule has 0 saturated carbocycles. The Hall–Kier alpha value is -1.16. The molecule has 1 aromatic carbocycles. The summed E-state index contributed by atoms with van der Waals surface area (Å²) in [7, 11) is -3.38. The Bertz CT molecular complexity index is 536. The van der Waals surface area contributed by atoms with Gasteiger partial charge in [-0.3, -0.25) is 4.79 Å². The summed E-state index contributed by atoms with van der Waals surface area (Å²) < 4.78 is 23.9. The smallest absolute Gasteiger partial charge is 0.161 e. The van der Waals surface area contributed by atoms with Gasteiger partial charge in [-0.25, -0.2) is 8.42 Å². The molecule has 0 amide bonds. The van der Waals surface area contributed by atoms with Gasteiger partial charge in [0.2, 0.25) is 0 Å². The van der Waals surface area contributed by atoms with Gasteiger partial charge in [0.15, 0.2) is 15.6 Å². The first-order valence-corrected chi connectivity index (χ1v) is 7.71. The maximum atomic E-state index is 11.9. The van der Waals surface area contributed by atoms with Gasteiger partial charge in [0, 0.05) is 5.41 Å². The van der Waals surface area contributed by atoms with Gasteiger partial charge in [-0.1, -0.05) is 50.6 Å². The molecule has 18 heavy (non-hydrogen) atoms. The van der Waals surface area contributed by atoms with E-state index >= 15 is 0 Å². The second-order valence-electron chi connectivity index (χ2n) is 5.69. The van der Waals surface area contributed by atoms with Gasteiger partial charge in [-0.05, 0) is 12.5 Å². The summed E-state index contributed by atoms with van der Waals surface area (Å²) in [6.45, 7) is 7.11. The molecule has 3 nitrogen and oxygen atoms in total. The highest BCUT2D eigenvalue weighted by Gasteiger charge is 2.26. The van der Waals surface area contributed by atoms with Gasteiger partial charge >= 0.3 is 0 Å². The zero-order valence-electron chi connectivity index (χ0n) is 11.4. The van der Waals surface area contributed by atoms with E-state index in [1.165, 1.54) is 0 Å². The molecule has 0 spiro atoms. The van der Waals surface area contributed by atoms with E-state index in [4.69, 9.17) is 0 Å². The summed E-state index contributed by atoms with van der Waals surface area (Å²) in [5.74, 6) is -0.698. The molecule has 0 aromatic heterocycles.